The second kappa shape index (κ2) is 5.49. The van der Waals surface area contributed by atoms with Gasteiger partial charge >= 0.3 is 0 Å². The largest absolute Gasteiger partial charge is 0.396 e. The molecule has 0 aromatic heterocycles. The SMILES string of the molecule is CCC(CCO)c1c(C)c(C)cc(C)c1C. The molecule has 0 radical (unpaired) electrons. The average molecular weight is 220 g/mol. The third-order valence-corrected chi connectivity index (χ3v) is 3.80. The van der Waals surface area contributed by atoms with Crippen molar-refractivity contribution in [3.05, 3.63) is 33.9 Å². The number of hydrogen-bond acceptors (Lipinski definition) is 1. The molecule has 1 rings (SSSR count). The Morgan fingerprint density at radius 3 is 1.94 bits per heavy atom. The highest BCUT2D eigenvalue weighted by atomic mass is 16.3. The van der Waals surface area contributed by atoms with Crippen molar-refractivity contribution in [2.45, 2.75) is 53.4 Å². The second-order valence-electron chi connectivity index (χ2n) is 4.79. The number of aryl methyl sites for hydroxylation is 2. The van der Waals surface area contributed by atoms with Crippen LogP contribution in [-0.4, -0.2) is 11.7 Å². The maximum atomic E-state index is 9.15. The standard InChI is InChI=1S/C15H24O/c1-6-14(7-8-16)15-12(4)10(2)9-11(3)13(15)5/h9,14,16H,6-8H2,1-5H3. The fourth-order valence-corrected chi connectivity index (χ4v) is 2.57. The third kappa shape index (κ3) is 2.46. The van der Waals surface area contributed by atoms with Crippen LogP contribution in [0.2, 0.25) is 0 Å². The van der Waals surface area contributed by atoms with Crippen molar-refractivity contribution >= 4 is 0 Å². The van der Waals surface area contributed by atoms with E-state index in [1.165, 1.54) is 27.8 Å². The molecule has 0 fully saturated rings. The third-order valence-electron chi connectivity index (χ3n) is 3.80. The predicted octanol–water partition coefficient (Wildman–Crippen LogP) is 3.80. The summed E-state index contributed by atoms with van der Waals surface area (Å²) < 4.78 is 0. The van der Waals surface area contributed by atoms with Gasteiger partial charge < -0.3 is 5.11 Å². The Kier molecular flexibility index (Phi) is 4.55. The molecule has 1 atom stereocenters. The van der Waals surface area contributed by atoms with E-state index in [-0.39, 0.29) is 6.61 Å². The first-order valence-electron chi connectivity index (χ1n) is 6.21. The van der Waals surface area contributed by atoms with Gasteiger partial charge in [0, 0.05) is 6.61 Å². The van der Waals surface area contributed by atoms with E-state index in [9.17, 15) is 0 Å². The molecule has 0 saturated heterocycles. The van der Waals surface area contributed by atoms with Crippen LogP contribution in [0.4, 0.5) is 0 Å². The number of benzene rings is 1. The van der Waals surface area contributed by atoms with Gasteiger partial charge in [0.25, 0.3) is 0 Å². The normalized spacial score (nSPS) is 12.9. The molecule has 0 saturated carbocycles. The molecule has 0 aliphatic rings. The lowest BCUT2D eigenvalue weighted by Crippen LogP contribution is -2.07. The van der Waals surface area contributed by atoms with Gasteiger partial charge in [-0.1, -0.05) is 13.0 Å². The highest BCUT2D eigenvalue weighted by Crippen LogP contribution is 2.32. The van der Waals surface area contributed by atoms with Crippen LogP contribution in [0.5, 0.6) is 0 Å². The van der Waals surface area contributed by atoms with Crippen LogP contribution in [0.1, 0.15) is 53.5 Å². The first kappa shape index (κ1) is 13.2. The van der Waals surface area contributed by atoms with Gasteiger partial charge in [-0.3, -0.25) is 0 Å². The minimum atomic E-state index is 0.282. The molecule has 0 heterocycles. The molecule has 1 nitrogen and oxygen atoms in total. The lowest BCUT2D eigenvalue weighted by molar-refractivity contribution is 0.273. The Morgan fingerprint density at radius 1 is 1.06 bits per heavy atom. The van der Waals surface area contributed by atoms with Crippen molar-refractivity contribution in [1.29, 1.82) is 0 Å². The molecule has 1 heteroatoms. The van der Waals surface area contributed by atoms with Gasteiger partial charge in [0.2, 0.25) is 0 Å². The molecule has 1 unspecified atom stereocenters. The van der Waals surface area contributed by atoms with Gasteiger partial charge in [-0.25, -0.2) is 0 Å². The summed E-state index contributed by atoms with van der Waals surface area (Å²) in [4.78, 5) is 0. The molecule has 1 aromatic rings. The summed E-state index contributed by atoms with van der Waals surface area (Å²) in [6.45, 7) is 11.3. The summed E-state index contributed by atoms with van der Waals surface area (Å²) in [6.07, 6.45) is 1.98. The molecule has 0 spiro atoms. The van der Waals surface area contributed by atoms with Gasteiger partial charge in [-0.2, -0.15) is 0 Å². The van der Waals surface area contributed by atoms with Crippen molar-refractivity contribution in [1.82, 2.24) is 0 Å². The summed E-state index contributed by atoms with van der Waals surface area (Å²) in [6, 6.07) is 2.26. The molecule has 1 aromatic carbocycles. The topological polar surface area (TPSA) is 20.2 Å². The van der Waals surface area contributed by atoms with Crippen LogP contribution in [0.15, 0.2) is 6.07 Å². The maximum Gasteiger partial charge on any atom is 0.0436 e. The van der Waals surface area contributed by atoms with E-state index in [0.29, 0.717) is 5.92 Å². The van der Waals surface area contributed by atoms with Gasteiger partial charge in [-0.05, 0) is 74.3 Å². The first-order chi connectivity index (χ1) is 7.52. The van der Waals surface area contributed by atoms with Crippen LogP contribution in [0.3, 0.4) is 0 Å². The highest BCUT2D eigenvalue weighted by molar-refractivity contribution is 5.45. The molecule has 1 N–H and O–H groups in total. The second-order valence-corrected chi connectivity index (χ2v) is 4.79. The number of aliphatic hydroxyl groups excluding tert-OH is 1. The molecule has 0 aliphatic carbocycles. The summed E-state index contributed by atoms with van der Waals surface area (Å²) in [5, 5.41) is 9.15. The Labute approximate surface area is 99.5 Å². The van der Waals surface area contributed by atoms with Crippen molar-refractivity contribution in [3.8, 4) is 0 Å². The predicted molar refractivity (Wildman–Crippen MR) is 70.1 cm³/mol. The summed E-state index contributed by atoms with van der Waals surface area (Å²) in [5.74, 6) is 0.503. The van der Waals surface area contributed by atoms with Gasteiger partial charge in [0.15, 0.2) is 0 Å². The van der Waals surface area contributed by atoms with E-state index in [4.69, 9.17) is 5.11 Å². The van der Waals surface area contributed by atoms with Crippen molar-refractivity contribution in [2.75, 3.05) is 6.61 Å². The zero-order chi connectivity index (χ0) is 12.3. The Bertz CT molecular complexity index is 340. The minimum absolute atomic E-state index is 0.282. The van der Waals surface area contributed by atoms with Crippen LogP contribution < -0.4 is 0 Å². The van der Waals surface area contributed by atoms with E-state index < -0.39 is 0 Å². The molecule has 90 valence electrons. The molecule has 0 bridgehead atoms. The van der Waals surface area contributed by atoms with E-state index in [1.54, 1.807) is 0 Å². The quantitative estimate of drug-likeness (QED) is 0.818. The zero-order valence-corrected chi connectivity index (χ0v) is 11.2. The molecule has 16 heavy (non-hydrogen) atoms. The Balaban J connectivity index is 3.29. The smallest absolute Gasteiger partial charge is 0.0436 e. The van der Waals surface area contributed by atoms with Crippen LogP contribution in [0.25, 0.3) is 0 Å². The lowest BCUT2D eigenvalue weighted by atomic mass is 9.83. The lowest BCUT2D eigenvalue weighted by Gasteiger charge is -2.22. The number of hydrogen-bond donors (Lipinski definition) is 1. The summed E-state index contributed by atoms with van der Waals surface area (Å²) >= 11 is 0. The van der Waals surface area contributed by atoms with E-state index in [2.05, 4.69) is 40.7 Å². The monoisotopic (exact) mass is 220 g/mol. The maximum absolute atomic E-state index is 9.15. The van der Waals surface area contributed by atoms with Crippen molar-refractivity contribution in [3.63, 3.8) is 0 Å². The van der Waals surface area contributed by atoms with Crippen LogP contribution >= 0.6 is 0 Å². The van der Waals surface area contributed by atoms with Crippen LogP contribution in [-0.2, 0) is 0 Å². The average Bonchev–Trinajstić information content (AvgIpc) is 2.25. The Morgan fingerprint density at radius 2 is 1.56 bits per heavy atom. The van der Waals surface area contributed by atoms with Crippen molar-refractivity contribution < 1.29 is 5.11 Å². The number of aliphatic hydroxyl groups is 1. The molecular weight excluding hydrogens is 196 g/mol. The van der Waals surface area contributed by atoms with Crippen LogP contribution in [0, 0.1) is 27.7 Å². The van der Waals surface area contributed by atoms with E-state index >= 15 is 0 Å². The van der Waals surface area contributed by atoms with Gasteiger partial charge in [0.1, 0.15) is 0 Å². The summed E-state index contributed by atoms with van der Waals surface area (Å²) in [5.41, 5.74) is 7.02. The van der Waals surface area contributed by atoms with Gasteiger partial charge in [0.05, 0.1) is 0 Å². The van der Waals surface area contributed by atoms with Gasteiger partial charge in [-0.15, -0.1) is 0 Å². The minimum Gasteiger partial charge on any atom is -0.396 e. The van der Waals surface area contributed by atoms with Crippen molar-refractivity contribution in [2.24, 2.45) is 0 Å². The number of rotatable bonds is 4. The molecular formula is C15H24O. The Hall–Kier alpha value is -0.820. The van der Waals surface area contributed by atoms with E-state index in [0.717, 1.165) is 12.8 Å². The highest BCUT2D eigenvalue weighted by Gasteiger charge is 2.16. The summed E-state index contributed by atoms with van der Waals surface area (Å²) in [7, 11) is 0. The fourth-order valence-electron chi connectivity index (χ4n) is 2.57. The first-order valence-corrected chi connectivity index (χ1v) is 6.21. The zero-order valence-electron chi connectivity index (χ0n) is 11.2. The molecule has 0 aliphatic heterocycles. The molecule has 0 amide bonds. The fraction of sp³-hybridized carbons (Fsp3) is 0.600. The van der Waals surface area contributed by atoms with E-state index in [1.807, 2.05) is 0 Å².